The molecule has 0 saturated carbocycles. The molecule has 0 radical (unpaired) electrons. The molecule has 0 aliphatic heterocycles. The van der Waals surface area contributed by atoms with E-state index in [1.54, 1.807) is 16.7 Å². The van der Waals surface area contributed by atoms with Crippen molar-refractivity contribution in [2.24, 2.45) is 5.92 Å². The first kappa shape index (κ1) is 13.4. The Morgan fingerprint density at radius 2 is 1.72 bits per heavy atom. The van der Waals surface area contributed by atoms with Gasteiger partial charge in [-0.3, -0.25) is 0 Å². The van der Waals surface area contributed by atoms with Crippen LogP contribution in [0.1, 0.15) is 68.7 Å². The summed E-state index contributed by atoms with van der Waals surface area (Å²) >= 11 is 0. The van der Waals surface area contributed by atoms with Crippen LogP contribution in [0.25, 0.3) is 6.08 Å². The molecule has 0 saturated heterocycles. The molecule has 18 heavy (non-hydrogen) atoms. The van der Waals surface area contributed by atoms with Crippen molar-refractivity contribution >= 4 is 6.08 Å². The summed E-state index contributed by atoms with van der Waals surface area (Å²) < 4.78 is 0. The van der Waals surface area contributed by atoms with Crippen molar-refractivity contribution in [2.45, 2.75) is 59.8 Å². The van der Waals surface area contributed by atoms with Crippen LogP contribution in [0, 0.1) is 12.8 Å². The molecule has 0 amide bonds. The topological polar surface area (TPSA) is 0 Å². The molecule has 1 aliphatic rings. The Morgan fingerprint density at radius 3 is 2.28 bits per heavy atom. The second kappa shape index (κ2) is 5.30. The molecule has 1 unspecified atom stereocenters. The maximum Gasteiger partial charge on any atom is 0.00855 e. The minimum absolute atomic E-state index is 0.671. The third-order valence-electron chi connectivity index (χ3n) is 4.68. The Kier molecular flexibility index (Phi) is 3.94. The summed E-state index contributed by atoms with van der Waals surface area (Å²) in [6, 6.07) is 4.60. The van der Waals surface area contributed by atoms with Crippen molar-refractivity contribution in [3.05, 3.63) is 40.0 Å². The van der Waals surface area contributed by atoms with Crippen LogP contribution < -0.4 is 0 Å². The lowest BCUT2D eigenvalue weighted by Gasteiger charge is -2.26. The lowest BCUT2D eigenvalue weighted by molar-refractivity contribution is 0.436. The number of hydrogen-bond donors (Lipinski definition) is 0. The Bertz CT molecular complexity index is 461. The number of allylic oxidation sites excluding steroid dienone is 1. The van der Waals surface area contributed by atoms with E-state index in [-0.39, 0.29) is 0 Å². The maximum absolute atomic E-state index is 2.41. The zero-order valence-corrected chi connectivity index (χ0v) is 12.5. The van der Waals surface area contributed by atoms with E-state index in [1.165, 1.54) is 24.0 Å². The Labute approximate surface area is 112 Å². The predicted molar refractivity (Wildman–Crippen MR) is 81.0 cm³/mol. The van der Waals surface area contributed by atoms with E-state index in [4.69, 9.17) is 0 Å². The van der Waals surface area contributed by atoms with Gasteiger partial charge in [0.15, 0.2) is 0 Å². The smallest absolute Gasteiger partial charge is 0.00855 e. The normalized spacial score (nSPS) is 18.1. The van der Waals surface area contributed by atoms with Crippen LogP contribution in [-0.2, 0) is 6.42 Å². The number of hydrogen-bond acceptors (Lipinski definition) is 0. The van der Waals surface area contributed by atoms with Crippen molar-refractivity contribution < 1.29 is 0 Å². The summed E-state index contributed by atoms with van der Waals surface area (Å²) in [5.41, 5.74) is 7.75. The Morgan fingerprint density at radius 1 is 1.06 bits per heavy atom. The van der Waals surface area contributed by atoms with Gasteiger partial charge in [0.1, 0.15) is 0 Å². The average molecular weight is 242 g/mol. The van der Waals surface area contributed by atoms with Crippen LogP contribution in [-0.4, -0.2) is 0 Å². The van der Waals surface area contributed by atoms with E-state index in [1.807, 2.05) is 0 Å². The lowest BCUT2D eigenvalue weighted by Crippen LogP contribution is -2.13. The minimum atomic E-state index is 0.671. The molecule has 0 spiro atoms. The summed E-state index contributed by atoms with van der Waals surface area (Å²) in [4.78, 5) is 0. The molecule has 0 fully saturated rings. The number of benzene rings is 1. The van der Waals surface area contributed by atoms with Crippen molar-refractivity contribution in [3.8, 4) is 0 Å². The largest absolute Gasteiger partial charge is 0.0651 e. The predicted octanol–water partition coefficient (Wildman–Crippen LogP) is 5.49. The van der Waals surface area contributed by atoms with Crippen molar-refractivity contribution in [1.82, 2.24) is 0 Å². The SMILES string of the molecule is CCc1c(C)ccc2c1C(C(CC)CC)C(C)=C2. The fraction of sp³-hybridized carbons (Fsp3) is 0.556. The molecular weight excluding hydrogens is 216 g/mol. The van der Waals surface area contributed by atoms with Gasteiger partial charge in [0.2, 0.25) is 0 Å². The molecular formula is C18H26. The van der Waals surface area contributed by atoms with Gasteiger partial charge in [0.05, 0.1) is 0 Å². The number of fused-ring (bicyclic) bond motifs is 1. The number of aryl methyl sites for hydroxylation is 1. The van der Waals surface area contributed by atoms with Gasteiger partial charge in [0, 0.05) is 5.92 Å². The first-order valence-corrected chi connectivity index (χ1v) is 7.44. The van der Waals surface area contributed by atoms with E-state index >= 15 is 0 Å². The standard InChI is InChI=1S/C18H26/c1-6-14(7-2)17-13(5)11-15-10-9-12(4)16(8-3)18(15)17/h9-11,14,17H,6-8H2,1-5H3. The molecule has 0 nitrogen and oxygen atoms in total. The zero-order valence-electron chi connectivity index (χ0n) is 12.5. The summed E-state index contributed by atoms with van der Waals surface area (Å²) in [6.07, 6.45) is 6.13. The highest BCUT2D eigenvalue weighted by molar-refractivity contribution is 5.69. The van der Waals surface area contributed by atoms with E-state index < -0.39 is 0 Å². The maximum atomic E-state index is 2.41. The van der Waals surface area contributed by atoms with Gasteiger partial charge in [-0.15, -0.1) is 0 Å². The third kappa shape index (κ3) is 2.02. The molecule has 1 aromatic rings. The van der Waals surface area contributed by atoms with Gasteiger partial charge in [-0.25, -0.2) is 0 Å². The Hall–Kier alpha value is -1.04. The van der Waals surface area contributed by atoms with Crippen molar-refractivity contribution in [2.75, 3.05) is 0 Å². The third-order valence-corrected chi connectivity index (χ3v) is 4.68. The summed E-state index contributed by atoms with van der Waals surface area (Å²) in [7, 11) is 0. The van der Waals surface area contributed by atoms with Gasteiger partial charge < -0.3 is 0 Å². The van der Waals surface area contributed by atoms with E-state index in [9.17, 15) is 0 Å². The molecule has 0 N–H and O–H groups in total. The van der Waals surface area contributed by atoms with Crippen LogP contribution in [0.5, 0.6) is 0 Å². The molecule has 98 valence electrons. The summed E-state index contributed by atoms with van der Waals surface area (Å²) in [5, 5.41) is 0. The first-order chi connectivity index (χ1) is 8.63. The van der Waals surface area contributed by atoms with Crippen LogP contribution in [0.4, 0.5) is 0 Å². The van der Waals surface area contributed by atoms with Gasteiger partial charge in [-0.2, -0.15) is 0 Å². The fourth-order valence-corrected chi connectivity index (χ4v) is 3.68. The van der Waals surface area contributed by atoms with Gasteiger partial charge >= 0.3 is 0 Å². The Balaban J connectivity index is 2.55. The quantitative estimate of drug-likeness (QED) is 0.654. The van der Waals surface area contributed by atoms with Crippen LogP contribution >= 0.6 is 0 Å². The minimum Gasteiger partial charge on any atom is -0.0651 e. The molecule has 0 heterocycles. The van der Waals surface area contributed by atoms with Gasteiger partial charge in [-0.1, -0.05) is 57.4 Å². The average Bonchev–Trinajstić information content (AvgIpc) is 2.69. The molecule has 2 rings (SSSR count). The highest BCUT2D eigenvalue weighted by Gasteiger charge is 2.30. The number of rotatable bonds is 4. The van der Waals surface area contributed by atoms with Gasteiger partial charge in [-0.05, 0) is 48.4 Å². The second-order valence-corrected chi connectivity index (χ2v) is 5.66. The molecule has 1 atom stereocenters. The lowest BCUT2D eigenvalue weighted by atomic mass is 9.78. The molecule has 0 heteroatoms. The van der Waals surface area contributed by atoms with E-state index in [0.717, 1.165) is 12.3 Å². The first-order valence-electron chi connectivity index (χ1n) is 7.44. The van der Waals surface area contributed by atoms with E-state index in [0.29, 0.717) is 5.92 Å². The zero-order chi connectivity index (χ0) is 13.3. The second-order valence-electron chi connectivity index (χ2n) is 5.66. The summed E-state index contributed by atoms with van der Waals surface area (Å²) in [5.74, 6) is 1.47. The van der Waals surface area contributed by atoms with Crippen molar-refractivity contribution in [1.29, 1.82) is 0 Å². The van der Waals surface area contributed by atoms with E-state index in [2.05, 4.69) is 52.8 Å². The van der Waals surface area contributed by atoms with Crippen LogP contribution in [0.2, 0.25) is 0 Å². The van der Waals surface area contributed by atoms with Crippen molar-refractivity contribution in [3.63, 3.8) is 0 Å². The summed E-state index contributed by atoms with van der Waals surface area (Å²) in [6.45, 7) is 11.5. The fourth-order valence-electron chi connectivity index (χ4n) is 3.68. The van der Waals surface area contributed by atoms with Gasteiger partial charge in [0.25, 0.3) is 0 Å². The molecule has 0 aromatic heterocycles. The molecule has 1 aliphatic carbocycles. The van der Waals surface area contributed by atoms with Crippen LogP contribution in [0.15, 0.2) is 17.7 Å². The molecule has 0 bridgehead atoms. The highest BCUT2D eigenvalue weighted by atomic mass is 14.3. The van der Waals surface area contributed by atoms with Crippen LogP contribution in [0.3, 0.4) is 0 Å². The molecule has 1 aromatic carbocycles. The highest BCUT2D eigenvalue weighted by Crippen LogP contribution is 2.45. The monoisotopic (exact) mass is 242 g/mol.